The fourth-order valence-electron chi connectivity index (χ4n) is 2.75. The highest BCUT2D eigenvalue weighted by Gasteiger charge is 2.20. The second-order valence-electron chi connectivity index (χ2n) is 6.07. The van der Waals surface area contributed by atoms with Crippen molar-refractivity contribution in [1.82, 2.24) is 14.6 Å². The van der Waals surface area contributed by atoms with Crippen LogP contribution in [0.25, 0.3) is 16.9 Å². The molecule has 0 unspecified atom stereocenters. The van der Waals surface area contributed by atoms with Crippen molar-refractivity contribution in [1.29, 1.82) is 0 Å². The van der Waals surface area contributed by atoms with Crippen LogP contribution in [0.2, 0.25) is 0 Å². The predicted octanol–water partition coefficient (Wildman–Crippen LogP) is 3.48. The minimum Gasteiger partial charge on any atom is -0.480 e. The van der Waals surface area contributed by atoms with Crippen molar-refractivity contribution < 1.29 is 21.9 Å². The first kappa shape index (κ1) is 18.8. The Labute approximate surface area is 164 Å². The number of rotatable bonds is 5. The zero-order valence-electron chi connectivity index (χ0n) is 15.0. The molecular weight excluding hydrogens is 402 g/mol. The molecule has 7 nitrogen and oxygen atoms in total. The molecule has 0 saturated heterocycles. The molecule has 0 aliphatic carbocycles. The van der Waals surface area contributed by atoms with Gasteiger partial charge in [-0.2, -0.15) is 0 Å². The molecule has 4 rings (SSSR count). The standard InChI is InChI=1S/C19H14F2N4O3S/c1-28-19-8-7-18-22-16(11-25(18)23-19)12-3-2-4-14(9-12)24-29(26,27)17-10-13(20)5-6-15(17)21/h2-11,24H,1H3. The van der Waals surface area contributed by atoms with Crippen LogP contribution in [0, 0.1) is 11.6 Å². The molecule has 2 aromatic carbocycles. The van der Waals surface area contributed by atoms with Crippen LogP contribution in [0.3, 0.4) is 0 Å². The molecule has 0 amide bonds. The second-order valence-corrected chi connectivity index (χ2v) is 7.72. The maximum absolute atomic E-state index is 13.9. The highest BCUT2D eigenvalue weighted by atomic mass is 32.2. The number of ether oxygens (including phenoxy) is 1. The fraction of sp³-hybridized carbons (Fsp3) is 0.0526. The highest BCUT2D eigenvalue weighted by Crippen LogP contribution is 2.25. The van der Waals surface area contributed by atoms with Crippen molar-refractivity contribution >= 4 is 21.4 Å². The van der Waals surface area contributed by atoms with Gasteiger partial charge in [-0.15, -0.1) is 5.10 Å². The summed E-state index contributed by atoms with van der Waals surface area (Å²) in [6, 6.07) is 12.0. The summed E-state index contributed by atoms with van der Waals surface area (Å²) in [6.07, 6.45) is 1.66. The molecule has 148 valence electrons. The molecule has 0 aliphatic heterocycles. The van der Waals surface area contributed by atoms with Crippen molar-refractivity contribution in [3.63, 3.8) is 0 Å². The molecule has 0 radical (unpaired) electrons. The van der Waals surface area contributed by atoms with Crippen LogP contribution in [-0.2, 0) is 10.0 Å². The van der Waals surface area contributed by atoms with E-state index in [1.54, 1.807) is 30.5 Å². The van der Waals surface area contributed by atoms with Gasteiger partial charge in [0.05, 0.1) is 19.0 Å². The first-order valence-corrected chi connectivity index (χ1v) is 9.83. The van der Waals surface area contributed by atoms with Crippen LogP contribution < -0.4 is 9.46 Å². The zero-order chi connectivity index (χ0) is 20.6. The van der Waals surface area contributed by atoms with Crippen LogP contribution >= 0.6 is 0 Å². The summed E-state index contributed by atoms with van der Waals surface area (Å²) < 4.78 is 61.1. The number of hydrogen-bond donors (Lipinski definition) is 1. The number of sulfonamides is 1. The molecule has 0 spiro atoms. The van der Waals surface area contributed by atoms with E-state index >= 15 is 0 Å². The van der Waals surface area contributed by atoms with Crippen molar-refractivity contribution in [2.75, 3.05) is 11.8 Å². The molecule has 0 atom stereocenters. The number of benzene rings is 2. The Morgan fingerprint density at radius 1 is 1.07 bits per heavy atom. The lowest BCUT2D eigenvalue weighted by Crippen LogP contribution is -2.15. The van der Waals surface area contributed by atoms with E-state index in [0.717, 1.165) is 12.1 Å². The van der Waals surface area contributed by atoms with Gasteiger partial charge < -0.3 is 4.74 Å². The van der Waals surface area contributed by atoms with E-state index in [9.17, 15) is 17.2 Å². The van der Waals surface area contributed by atoms with E-state index in [4.69, 9.17) is 4.74 Å². The maximum Gasteiger partial charge on any atom is 0.264 e. The van der Waals surface area contributed by atoms with Crippen LogP contribution in [0.4, 0.5) is 14.5 Å². The Hall–Kier alpha value is -3.53. The molecule has 0 aliphatic rings. The lowest BCUT2D eigenvalue weighted by atomic mass is 10.1. The van der Waals surface area contributed by atoms with E-state index in [0.29, 0.717) is 28.9 Å². The Bertz CT molecular complexity index is 1320. The summed E-state index contributed by atoms with van der Waals surface area (Å²) in [7, 11) is -2.82. The second kappa shape index (κ2) is 7.13. The Kier molecular flexibility index (Phi) is 4.63. The Morgan fingerprint density at radius 3 is 2.69 bits per heavy atom. The van der Waals surface area contributed by atoms with Gasteiger partial charge in [-0.1, -0.05) is 12.1 Å². The van der Waals surface area contributed by atoms with Gasteiger partial charge in [-0.05, 0) is 36.4 Å². The molecule has 4 aromatic rings. The Balaban J connectivity index is 1.68. The third kappa shape index (κ3) is 3.74. The number of imidazole rings is 1. The molecule has 2 aromatic heterocycles. The molecule has 0 saturated carbocycles. The molecule has 0 fully saturated rings. The molecule has 10 heteroatoms. The van der Waals surface area contributed by atoms with Gasteiger partial charge in [0.2, 0.25) is 5.88 Å². The number of aromatic nitrogens is 3. The van der Waals surface area contributed by atoms with E-state index in [1.165, 1.54) is 23.8 Å². The number of hydrogen-bond acceptors (Lipinski definition) is 5. The lowest BCUT2D eigenvalue weighted by Gasteiger charge is -2.10. The van der Waals surface area contributed by atoms with E-state index in [2.05, 4.69) is 14.8 Å². The zero-order valence-corrected chi connectivity index (χ0v) is 15.8. The SMILES string of the molecule is COc1ccc2nc(-c3cccc(NS(=O)(=O)c4cc(F)ccc4F)c3)cn2n1. The maximum atomic E-state index is 13.9. The Morgan fingerprint density at radius 2 is 1.90 bits per heavy atom. The molecule has 2 heterocycles. The smallest absolute Gasteiger partial charge is 0.264 e. The fourth-order valence-corrected chi connectivity index (χ4v) is 3.89. The first-order valence-electron chi connectivity index (χ1n) is 8.34. The molecular formula is C19H14F2N4O3S. The monoisotopic (exact) mass is 416 g/mol. The summed E-state index contributed by atoms with van der Waals surface area (Å²) >= 11 is 0. The number of anilines is 1. The minimum atomic E-state index is -4.32. The van der Waals surface area contributed by atoms with Gasteiger partial charge in [0, 0.05) is 17.3 Å². The first-order chi connectivity index (χ1) is 13.9. The average Bonchev–Trinajstić information content (AvgIpc) is 3.13. The van der Waals surface area contributed by atoms with Gasteiger partial charge >= 0.3 is 0 Å². The minimum absolute atomic E-state index is 0.175. The summed E-state index contributed by atoms with van der Waals surface area (Å²) in [5, 5.41) is 4.22. The van der Waals surface area contributed by atoms with Crippen molar-refractivity contribution in [2.45, 2.75) is 4.90 Å². The van der Waals surface area contributed by atoms with Crippen LogP contribution in [-0.4, -0.2) is 30.1 Å². The summed E-state index contributed by atoms with van der Waals surface area (Å²) in [6.45, 7) is 0. The van der Waals surface area contributed by atoms with Gasteiger partial charge in [-0.3, -0.25) is 4.72 Å². The van der Waals surface area contributed by atoms with Crippen LogP contribution in [0.5, 0.6) is 5.88 Å². The number of nitrogens with one attached hydrogen (secondary N) is 1. The average molecular weight is 416 g/mol. The third-order valence-electron chi connectivity index (χ3n) is 4.10. The normalized spacial score (nSPS) is 11.6. The van der Waals surface area contributed by atoms with E-state index in [-0.39, 0.29) is 5.69 Å². The molecule has 1 N–H and O–H groups in total. The van der Waals surface area contributed by atoms with E-state index in [1.807, 2.05) is 0 Å². The summed E-state index contributed by atoms with van der Waals surface area (Å²) in [5.41, 5.74) is 1.90. The van der Waals surface area contributed by atoms with Crippen LogP contribution in [0.1, 0.15) is 0 Å². The van der Waals surface area contributed by atoms with E-state index < -0.39 is 26.6 Å². The van der Waals surface area contributed by atoms with Crippen molar-refractivity contribution in [2.24, 2.45) is 0 Å². The summed E-state index contributed by atoms with van der Waals surface area (Å²) in [5.74, 6) is -1.48. The third-order valence-corrected chi connectivity index (χ3v) is 5.49. The number of fused-ring (bicyclic) bond motifs is 1. The van der Waals surface area contributed by atoms with Crippen LogP contribution in [0.15, 0.2) is 65.7 Å². The van der Waals surface area contributed by atoms with Gasteiger partial charge in [0.15, 0.2) is 5.65 Å². The summed E-state index contributed by atoms with van der Waals surface area (Å²) in [4.78, 5) is 3.67. The van der Waals surface area contributed by atoms with Gasteiger partial charge in [0.25, 0.3) is 10.0 Å². The molecule has 0 bridgehead atoms. The number of methoxy groups -OCH3 is 1. The lowest BCUT2D eigenvalue weighted by molar-refractivity contribution is 0.390. The number of nitrogens with zero attached hydrogens (tertiary/aromatic N) is 3. The molecule has 29 heavy (non-hydrogen) atoms. The van der Waals surface area contributed by atoms with Gasteiger partial charge in [-0.25, -0.2) is 26.7 Å². The largest absolute Gasteiger partial charge is 0.480 e. The highest BCUT2D eigenvalue weighted by molar-refractivity contribution is 7.92. The topological polar surface area (TPSA) is 85.6 Å². The van der Waals surface area contributed by atoms with Gasteiger partial charge in [0.1, 0.15) is 16.5 Å². The van der Waals surface area contributed by atoms with Crippen molar-refractivity contribution in [3.05, 3.63) is 72.4 Å². The number of halogens is 2. The van der Waals surface area contributed by atoms with Crippen molar-refractivity contribution in [3.8, 4) is 17.1 Å². The predicted molar refractivity (Wildman–Crippen MR) is 102 cm³/mol. The quantitative estimate of drug-likeness (QED) is 0.538.